The molecule has 0 aromatic heterocycles. The van der Waals surface area contributed by atoms with E-state index in [4.69, 9.17) is 21.1 Å². The predicted octanol–water partition coefficient (Wildman–Crippen LogP) is 2.88. The fraction of sp³-hybridized carbons (Fsp3) is 0.333. The molecule has 0 aliphatic carbocycles. The second-order valence-corrected chi connectivity index (χ2v) is 5.71. The molecule has 1 heterocycles. The number of halogens is 1. The Hall–Kier alpha value is -2.01. The van der Waals surface area contributed by atoms with Crippen molar-refractivity contribution in [3.63, 3.8) is 0 Å². The van der Waals surface area contributed by atoms with Crippen LogP contribution in [0.3, 0.4) is 0 Å². The van der Waals surface area contributed by atoms with Crippen molar-refractivity contribution in [2.75, 3.05) is 0 Å². The Labute approximate surface area is 127 Å². The maximum Gasteiger partial charge on any atom is 0.348 e. The van der Waals surface area contributed by atoms with Crippen molar-refractivity contribution in [1.29, 1.82) is 0 Å². The first kappa shape index (κ1) is 15.4. The molecule has 21 heavy (non-hydrogen) atoms. The summed E-state index contributed by atoms with van der Waals surface area (Å²) in [5.41, 5.74) is 1.10. The van der Waals surface area contributed by atoms with Gasteiger partial charge in [-0.15, -0.1) is 0 Å². The molecule has 2 rings (SSSR count). The van der Waals surface area contributed by atoms with Crippen molar-refractivity contribution in [2.45, 2.75) is 33.5 Å². The van der Waals surface area contributed by atoms with E-state index in [1.807, 2.05) is 0 Å². The second kappa shape index (κ2) is 5.07. The third kappa shape index (κ3) is 2.88. The number of phenolic OH excluding ortho intramolecular Hbond substituents is 1. The number of cyclic esters (lactones) is 2. The van der Waals surface area contributed by atoms with E-state index in [1.54, 1.807) is 19.9 Å². The first-order chi connectivity index (χ1) is 9.62. The summed E-state index contributed by atoms with van der Waals surface area (Å²) in [5.74, 6) is -2.94. The lowest BCUT2D eigenvalue weighted by atomic mass is 10.0. The fourth-order valence-electron chi connectivity index (χ4n) is 1.98. The molecule has 1 N–H and O–H groups in total. The first-order valence-electron chi connectivity index (χ1n) is 6.29. The van der Waals surface area contributed by atoms with Crippen LogP contribution in [0.25, 0.3) is 6.08 Å². The molecule has 1 aliphatic heterocycles. The topological polar surface area (TPSA) is 72.8 Å². The number of hydrogen-bond acceptors (Lipinski definition) is 5. The Kier molecular flexibility index (Phi) is 3.72. The zero-order valence-electron chi connectivity index (χ0n) is 12.1. The van der Waals surface area contributed by atoms with E-state index in [0.717, 1.165) is 0 Å². The lowest BCUT2D eigenvalue weighted by molar-refractivity contribution is -0.222. The summed E-state index contributed by atoms with van der Waals surface area (Å²) in [7, 11) is 0. The molecule has 112 valence electrons. The van der Waals surface area contributed by atoms with Crippen LogP contribution in [-0.4, -0.2) is 22.8 Å². The molecule has 0 amide bonds. The molecule has 5 nitrogen and oxygen atoms in total. The number of rotatable bonds is 1. The summed E-state index contributed by atoms with van der Waals surface area (Å²) in [5, 5.41) is 10.5. The van der Waals surface area contributed by atoms with Crippen LogP contribution in [0.15, 0.2) is 11.6 Å². The normalized spacial score (nSPS) is 17.3. The summed E-state index contributed by atoms with van der Waals surface area (Å²) in [6.07, 6.45) is 1.24. The summed E-state index contributed by atoms with van der Waals surface area (Å²) < 4.78 is 10.0. The monoisotopic (exact) mass is 310 g/mol. The highest BCUT2D eigenvalue weighted by Crippen LogP contribution is 2.34. The van der Waals surface area contributed by atoms with Crippen molar-refractivity contribution < 1.29 is 24.2 Å². The first-order valence-corrected chi connectivity index (χ1v) is 6.67. The minimum absolute atomic E-state index is 0.0465. The predicted molar refractivity (Wildman–Crippen MR) is 76.8 cm³/mol. The molecule has 0 spiro atoms. The Morgan fingerprint density at radius 1 is 1.19 bits per heavy atom. The number of phenols is 1. The van der Waals surface area contributed by atoms with Gasteiger partial charge in [0.15, 0.2) is 0 Å². The number of carbonyl (C=O) groups is 2. The van der Waals surface area contributed by atoms with Gasteiger partial charge in [0.2, 0.25) is 0 Å². The smallest absolute Gasteiger partial charge is 0.348 e. The van der Waals surface area contributed by atoms with Crippen LogP contribution in [0.5, 0.6) is 5.75 Å². The third-order valence-electron chi connectivity index (χ3n) is 3.14. The number of carbonyl (C=O) groups excluding carboxylic acids is 2. The summed E-state index contributed by atoms with van der Waals surface area (Å²) >= 11 is 6.05. The van der Waals surface area contributed by atoms with Crippen LogP contribution in [-0.2, 0) is 19.1 Å². The van der Waals surface area contributed by atoms with Crippen molar-refractivity contribution in [2.24, 2.45) is 0 Å². The molecule has 0 radical (unpaired) electrons. The number of aromatic hydroxyl groups is 1. The quantitative estimate of drug-likeness (QED) is 0.490. The van der Waals surface area contributed by atoms with Gasteiger partial charge in [0, 0.05) is 24.4 Å². The van der Waals surface area contributed by atoms with Gasteiger partial charge in [-0.3, -0.25) is 0 Å². The molecule has 0 bridgehead atoms. The average Bonchev–Trinajstić information content (AvgIpc) is 2.33. The van der Waals surface area contributed by atoms with Gasteiger partial charge >= 0.3 is 11.9 Å². The average molecular weight is 311 g/mol. The zero-order valence-corrected chi connectivity index (χ0v) is 12.9. The van der Waals surface area contributed by atoms with E-state index in [1.165, 1.54) is 19.9 Å². The molecular weight excluding hydrogens is 296 g/mol. The van der Waals surface area contributed by atoms with Crippen molar-refractivity contribution in [1.82, 2.24) is 0 Å². The van der Waals surface area contributed by atoms with Crippen LogP contribution in [0.2, 0.25) is 5.02 Å². The van der Waals surface area contributed by atoms with Crippen LogP contribution in [0.4, 0.5) is 0 Å². The molecular formula is C15H15ClO5. The molecule has 6 heteroatoms. The largest absolute Gasteiger partial charge is 0.507 e. The van der Waals surface area contributed by atoms with Gasteiger partial charge in [0.05, 0.1) is 0 Å². The van der Waals surface area contributed by atoms with Crippen molar-refractivity contribution >= 4 is 29.6 Å². The van der Waals surface area contributed by atoms with E-state index in [0.29, 0.717) is 21.7 Å². The van der Waals surface area contributed by atoms with Gasteiger partial charge in [-0.1, -0.05) is 11.6 Å². The van der Waals surface area contributed by atoms with Gasteiger partial charge in [0.25, 0.3) is 5.79 Å². The summed E-state index contributed by atoms with van der Waals surface area (Å²) in [6, 6.07) is 1.61. The van der Waals surface area contributed by atoms with Crippen molar-refractivity contribution in [3.8, 4) is 5.75 Å². The summed E-state index contributed by atoms with van der Waals surface area (Å²) in [4.78, 5) is 23.8. The van der Waals surface area contributed by atoms with E-state index in [9.17, 15) is 14.7 Å². The lowest BCUT2D eigenvalue weighted by Gasteiger charge is -2.29. The number of aryl methyl sites for hydroxylation is 1. The molecule has 0 atom stereocenters. The van der Waals surface area contributed by atoms with Crippen LogP contribution < -0.4 is 0 Å². The third-order valence-corrected chi connectivity index (χ3v) is 3.53. The SMILES string of the molecule is Cc1cc(Cl)c(C)c(C=C2C(=O)OC(C)(C)OC2=O)c1O. The van der Waals surface area contributed by atoms with E-state index in [-0.39, 0.29) is 11.3 Å². The van der Waals surface area contributed by atoms with Gasteiger partial charge in [-0.25, -0.2) is 9.59 Å². The van der Waals surface area contributed by atoms with Gasteiger partial charge in [-0.2, -0.15) is 0 Å². The van der Waals surface area contributed by atoms with Gasteiger partial charge < -0.3 is 14.6 Å². The minimum atomic E-state index is -1.30. The van der Waals surface area contributed by atoms with E-state index >= 15 is 0 Å². The molecule has 1 saturated heterocycles. The lowest BCUT2D eigenvalue weighted by Crippen LogP contribution is -2.41. The highest BCUT2D eigenvalue weighted by atomic mass is 35.5. The van der Waals surface area contributed by atoms with Crippen LogP contribution in [0, 0.1) is 13.8 Å². The van der Waals surface area contributed by atoms with E-state index in [2.05, 4.69) is 0 Å². The molecule has 1 aromatic rings. The Morgan fingerprint density at radius 3 is 2.24 bits per heavy atom. The minimum Gasteiger partial charge on any atom is -0.507 e. The van der Waals surface area contributed by atoms with Gasteiger partial charge in [0.1, 0.15) is 11.3 Å². The molecule has 1 fully saturated rings. The fourth-order valence-corrected chi connectivity index (χ4v) is 2.25. The van der Waals surface area contributed by atoms with Crippen LogP contribution >= 0.6 is 11.6 Å². The standard InChI is InChI=1S/C15H15ClO5/c1-7-5-11(16)8(2)9(12(7)17)6-10-13(18)20-15(3,4)21-14(10)19/h5-6,17H,1-4H3. The van der Waals surface area contributed by atoms with E-state index < -0.39 is 17.7 Å². The second-order valence-electron chi connectivity index (χ2n) is 5.30. The number of benzene rings is 1. The summed E-state index contributed by atoms with van der Waals surface area (Å²) in [6.45, 7) is 6.28. The number of esters is 2. The molecule has 1 aliphatic rings. The Morgan fingerprint density at radius 2 is 1.71 bits per heavy atom. The maximum absolute atomic E-state index is 11.9. The van der Waals surface area contributed by atoms with Gasteiger partial charge in [-0.05, 0) is 37.1 Å². The highest BCUT2D eigenvalue weighted by Gasteiger charge is 2.39. The zero-order chi connectivity index (χ0) is 15.9. The number of hydrogen-bond donors (Lipinski definition) is 1. The Bertz CT molecular complexity index is 625. The van der Waals surface area contributed by atoms with Crippen molar-refractivity contribution in [3.05, 3.63) is 33.4 Å². The Balaban J connectivity index is 2.55. The molecule has 0 saturated carbocycles. The molecule has 0 unspecified atom stereocenters. The van der Waals surface area contributed by atoms with Crippen LogP contribution in [0.1, 0.15) is 30.5 Å². The highest BCUT2D eigenvalue weighted by molar-refractivity contribution is 6.31. The maximum atomic E-state index is 11.9. The molecule has 1 aromatic carbocycles. The number of ether oxygens (including phenoxy) is 2.